The smallest absolute Gasteiger partial charge is 0.138 e. The number of hydrogen-bond acceptors (Lipinski definition) is 3. The second-order valence-corrected chi connectivity index (χ2v) is 7.42. The number of likely N-dealkylation sites (N-methyl/N-ethyl adjacent to an activating group) is 1. The normalized spacial score (nSPS) is 41.2. The quantitative estimate of drug-likeness (QED) is 0.805. The largest absolute Gasteiger partial charge is 0.486 e. The lowest BCUT2D eigenvalue weighted by molar-refractivity contribution is -0.0451. The van der Waals surface area contributed by atoms with Gasteiger partial charge in [0.2, 0.25) is 0 Å². The maximum Gasteiger partial charge on any atom is 0.138 e. The van der Waals surface area contributed by atoms with Crippen LogP contribution < -0.4 is 4.74 Å². The molecule has 3 nitrogen and oxygen atoms in total. The van der Waals surface area contributed by atoms with Crippen LogP contribution in [0.25, 0.3) is 0 Å². The van der Waals surface area contributed by atoms with Gasteiger partial charge in [-0.25, -0.2) is 0 Å². The Labute approximate surface area is 131 Å². The minimum absolute atomic E-state index is 0.000556. The molecule has 0 radical (unpaired) electrons. The van der Waals surface area contributed by atoms with E-state index in [1.807, 2.05) is 6.08 Å². The molecule has 2 aliphatic heterocycles. The van der Waals surface area contributed by atoms with E-state index in [-0.39, 0.29) is 11.5 Å². The molecular formula is C19H23NO2. The highest BCUT2D eigenvalue weighted by Crippen LogP contribution is 2.61. The topological polar surface area (TPSA) is 32.7 Å². The van der Waals surface area contributed by atoms with E-state index in [9.17, 15) is 5.11 Å². The zero-order valence-electron chi connectivity index (χ0n) is 13.2. The Balaban J connectivity index is 1.82. The molecule has 1 aromatic carbocycles. The fourth-order valence-electron chi connectivity index (χ4n) is 5.59. The summed E-state index contributed by atoms with van der Waals surface area (Å²) in [6.07, 6.45) is 6.85. The van der Waals surface area contributed by atoms with Gasteiger partial charge in [0.15, 0.2) is 0 Å². The van der Waals surface area contributed by atoms with E-state index in [1.54, 1.807) is 0 Å². The molecule has 1 saturated heterocycles. The first-order valence-electron chi connectivity index (χ1n) is 8.55. The Hall–Kier alpha value is -1.32. The highest BCUT2D eigenvalue weighted by molar-refractivity contribution is 5.59. The van der Waals surface area contributed by atoms with E-state index in [0.717, 1.165) is 31.6 Å². The summed E-state index contributed by atoms with van der Waals surface area (Å²) in [5.41, 5.74) is 4.19. The molecule has 5 unspecified atom stereocenters. The van der Waals surface area contributed by atoms with Gasteiger partial charge in [0.05, 0.1) is 0 Å². The van der Waals surface area contributed by atoms with Crippen molar-refractivity contribution in [2.45, 2.75) is 49.9 Å². The van der Waals surface area contributed by atoms with Crippen LogP contribution in [0.5, 0.6) is 5.75 Å². The fraction of sp³-hybridized carbons (Fsp3) is 0.579. The second-order valence-electron chi connectivity index (χ2n) is 7.42. The number of aliphatic hydroxyl groups excluding tert-OH is 1. The van der Waals surface area contributed by atoms with E-state index in [4.69, 9.17) is 4.74 Å². The molecule has 1 aromatic rings. The van der Waals surface area contributed by atoms with Gasteiger partial charge < -0.3 is 14.7 Å². The number of hydrogen-bond donors (Lipinski definition) is 1. The molecule has 2 aliphatic carbocycles. The molecule has 0 amide bonds. The van der Waals surface area contributed by atoms with E-state index < -0.39 is 6.10 Å². The molecule has 1 spiro atoms. The summed E-state index contributed by atoms with van der Waals surface area (Å²) >= 11 is 0. The first-order valence-corrected chi connectivity index (χ1v) is 8.55. The van der Waals surface area contributed by atoms with Crippen molar-refractivity contribution in [2.24, 2.45) is 5.92 Å². The average Bonchev–Trinajstić information content (AvgIpc) is 2.88. The number of likely N-dealkylation sites (tertiary alicyclic amines) is 1. The maximum absolute atomic E-state index is 10.6. The van der Waals surface area contributed by atoms with Gasteiger partial charge in [-0.3, -0.25) is 0 Å². The summed E-state index contributed by atoms with van der Waals surface area (Å²) < 4.78 is 6.43. The van der Waals surface area contributed by atoms with Gasteiger partial charge >= 0.3 is 0 Å². The predicted molar refractivity (Wildman–Crippen MR) is 85.3 cm³/mol. The van der Waals surface area contributed by atoms with Crippen LogP contribution in [0.15, 0.2) is 24.3 Å². The summed E-state index contributed by atoms with van der Waals surface area (Å²) in [7, 11) is 2.24. The molecule has 116 valence electrons. The van der Waals surface area contributed by atoms with Crippen molar-refractivity contribution in [3.05, 3.63) is 41.0 Å². The highest BCUT2D eigenvalue weighted by Gasteiger charge is 2.63. The van der Waals surface area contributed by atoms with Crippen molar-refractivity contribution >= 4 is 0 Å². The summed E-state index contributed by atoms with van der Waals surface area (Å²) in [6, 6.07) is 5.09. The van der Waals surface area contributed by atoms with Crippen LogP contribution in [0.2, 0.25) is 0 Å². The van der Waals surface area contributed by atoms with Crippen molar-refractivity contribution in [3.8, 4) is 5.75 Å². The van der Waals surface area contributed by atoms with Gasteiger partial charge in [0.1, 0.15) is 18.0 Å². The van der Waals surface area contributed by atoms with Crippen molar-refractivity contribution in [2.75, 3.05) is 13.6 Å². The number of rotatable bonds is 1. The van der Waals surface area contributed by atoms with E-state index in [0.29, 0.717) is 12.0 Å². The number of aliphatic hydroxyl groups is 1. The first-order chi connectivity index (χ1) is 10.7. The van der Waals surface area contributed by atoms with Gasteiger partial charge in [0.25, 0.3) is 0 Å². The third kappa shape index (κ3) is 1.31. The molecule has 0 saturated carbocycles. The Morgan fingerprint density at radius 3 is 3.05 bits per heavy atom. The van der Waals surface area contributed by atoms with Crippen molar-refractivity contribution < 1.29 is 9.84 Å². The molecule has 3 heteroatoms. The number of piperidine rings is 1. The Bertz CT molecular complexity index is 682. The number of aryl methyl sites for hydroxylation is 1. The lowest BCUT2D eigenvalue weighted by atomic mass is 9.53. The third-order valence-corrected chi connectivity index (χ3v) is 6.63. The number of ether oxygens (including phenoxy) is 1. The average molecular weight is 297 g/mol. The SMILES string of the molecule is CCc1ccc2c3c1OC1C(O)C=CC4C(C2)N(C)CCC341. The van der Waals surface area contributed by atoms with Gasteiger partial charge in [0, 0.05) is 22.9 Å². The standard InChI is InChI=1S/C19H23NO2/c1-3-11-4-5-12-10-14-13-6-7-15(21)18-19(13,8-9-20(14)2)16(12)17(11)22-18/h4-7,13-15,18,21H,3,8-10H2,1-2H3. The lowest BCUT2D eigenvalue weighted by Gasteiger charge is -2.56. The van der Waals surface area contributed by atoms with Gasteiger partial charge in [-0.05, 0) is 44.0 Å². The predicted octanol–water partition coefficient (Wildman–Crippen LogP) is 2.05. The Morgan fingerprint density at radius 2 is 2.23 bits per heavy atom. The molecule has 1 fully saturated rings. The van der Waals surface area contributed by atoms with E-state index >= 15 is 0 Å². The van der Waals surface area contributed by atoms with Crippen molar-refractivity contribution in [3.63, 3.8) is 0 Å². The zero-order valence-corrected chi connectivity index (χ0v) is 13.2. The summed E-state index contributed by atoms with van der Waals surface area (Å²) in [5, 5.41) is 10.6. The minimum atomic E-state index is -0.483. The van der Waals surface area contributed by atoms with Gasteiger partial charge in [-0.2, -0.15) is 0 Å². The Morgan fingerprint density at radius 1 is 1.36 bits per heavy atom. The third-order valence-electron chi connectivity index (χ3n) is 6.63. The fourth-order valence-corrected chi connectivity index (χ4v) is 5.59. The van der Waals surface area contributed by atoms with Crippen LogP contribution >= 0.6 is 0 Å². The Kier molecular flexibility index (Phi) is 2.48. The van der Waals surface area contributed by atoms with Crippen molar-refractivity contribution in [1.82, 2.24) is 4.90 Å². The molecule has 2 bridgehead atoms. The summed E-state index contributed by atoms with van der Waals surface area (Å²) in [5.74, 6) is 1.57. The highest BCUT2D eigenvalue weighted by atomic mass is 16.5. The maximum atomic E-state index is 10.6. The molecule has 5 atom stereocenters. The van der Waals surface area contributed by atoms with E-state index in [1.165, 1.54) is 16.7 Å². The van der Waals surface area contributed by atoms with Crippen LogP contribution in [0.3, 0.4) is 0 Å². The molecule has 2 heterocycles. The minimum Gasteiger partial charge on any atom is -0.486 e. The summed E-state index contributed by atoms with van der Waals surface area (Å²) in [6.45, 7) is 3.28. The molecule has 5 rings (SSSR count). The number of benzene rings is 1. The lowest BCUT2D eigenvalue weighted by Crippen LogP contribution is -2.64. The molecular weight excluding hydrogens is 274 g/mol. The zero-order chi connectivity index (χ0) is 15.1. The number of nitrogens with zero attached hydrogens (tertiary/aromatic N) is 1. The van der Waals surface area contributed by atoms with E-state index in [2.05, 4.69) is 37.1 Å². The molecule has 4 aliphatic rings. The van der Waals surface area contributed by atoms with Crippen LogP contribution in [-0.2, 0) is 18.3 Å². The van der Waals surface area contributed by atoms with Crippen LogP contribution in [-0.4, -0.2) is 41.8 Å². The molecule has 1 N–H and O–H groups in total. The monoisotopic (exact) mass is 297 g/mol. The van der Waals surface area contributed by atoms with Gasteiger partial charge in [-0.15, -0.1) is 0 Å². The second kappa shape index (κ2) is 4.15. The molecule has 0 aromatic heterocycles. The van der Waals surface area contributed by atoms with Crippen LogP contribution in [0.4, 0.5) is 0 Å². The van der Waals surface area contributed by atoms with Crippen LogP contribution in [0, 0.1) is 5.92 Å². The molecule has 22 heavy (non-hydrogen) atoms. The van der Waals surface area contributed by atoms with Gasteiger partial charge in [-0.1, -0.05) is 31.2 Å². The van der Waals surface area contributed by atoms with Crippen LogP contribution in [0.1, 0.15) is 30.0 Å². The van der Waals surface area contributed by atoms with Crippen molar-refractivity contribution in [1.29, 1.82) is 0 Å². The summed E-state index contributed by atoms with van der Waals surface area (Å²) in [4.78, 5) is 2.50. The first kappa shape index (κ1) is 13.1.